The van der Waals surface area contributed by atoms with Crippen molar-refractivity contribution in [2.24, 2.45) is 0 Å². The van der Waals surface area contributed by atoms with Crippen LogP contribution < -0.4 is 10.6 Å². The van der Waals surface area contributed by atoms with Gasteiger partial charge in [0, 0.05) is 28.6 Å². The van der Waals surface area contributed by atoms with Crippen LogP contribution in [0.25, 0.3) is 0 Å². The number of thiophene rings is 1. The topological polar surface area (TPSA) is 95.6 Å². The molecule has 1 aromatic carbocycles. The average molecular weight is 456 g/mol. The van der Waals surface area contributed by atoms with Crippen LogP contribution in [0.3, 0.4) is 0 Å². The minimum atomic E-state index is -3.46. The zero-order chi connectivity index (χ0) is 20.9. The molecule has 1 fully saturated rings. The lowest BCUT2D eigenvalue weighted by molar-refractivity contribution is -0.120. The van der Waals surface area contributed by atoms with E-state index in [1.54, 1.807) is 30.3 Å². The highest BCUT2D eigenvalue weighted by Gasteiger charge is 2.27. The van der Waals surface area contributed by atoms with E-state index < -0.39 is 15.9 Å². The highest BCUT2D eigenvalue weighted by atomic mass is 35.5. The van der Waals surface area contributed by atoms with Crippen LogP contribution in [0, 0.1) is 0 Å². The summed E-state index contributed by atoms with van der Waals surface area (Å²) in [6.45, 7) is 1.12. The van der Waals surface area contributed by atoms with E-state index in [2.05, 4.69) is 10.6 Å². The van der Waals surface area contributed by atoms with E-state index in [0.29, 0.717) is 23.7 Å². The second-order valence-electron chi connectivity index (χ2n) is 6.66. The third kappa shape index (κ3) is 5.79. The molecule has 29 heavy (non-hydrogen) atoms. The molecule has 0 saturated carbocycles. The Morgan fingerprint density at radius 2 is 1.83 bits per heavy atom. The number of hydrogen-bond donors (Lipinski definition) is 2. The lowest BCUT2D eigenvalue weighted by atomic mass is 10.2. The first-order valence-corrected chi connectivity index (χ1v) is 11.9. The van der Waals surface area contributed by atoms with Crippen LogP contribution in [0.1, 0.15) is 34.5 Å². The SMILES string of the molecule is O=C(CNC(=O)c1cccc(Cl)c1)NCc1ccc(S(=O)(=O)N2CCCCC2)s1. The van der Waals surface area contributed by atoms with Gasteiger partial charge in [0.15, 0.2) is 0 Å². The van der Waals surface area contributed by atoms with Gasteiger partial charge in [-0.25, -0.2) is 8.42 Å². The fourth-order valence-electron chi connectivity index (χ4n) is 2.96. The summed E-state index contributed by atoms with van der Waals surface area (Å²) in [5, 5.41) is 5.65. The van der Waals surface area contributed by atoms with Gasteiger partial charge < -0.3 is 10.6 Å². The van der Waals surface area contributed by atoms with Gasteiger partial charge >= 0.3 is 0 Å². The fraction of sp³-hybridized carbons (Fsp3) is 0.368. The van der Waals surface area contributed by atoms with Crippen molar-refractivity contribution in [2.75, 3.05) is 19.6 Å². The standard InChI is InChI=1S/C19H22ClN3O4S2/c20-15-6-4-5-14(11-15)19(25)22-13-17(24)21-12-16-7-8-18(28-16)29(26,27)23-9-2-1-3-10-23/h4-8,11H,1-3,9-10,12-13H2,(H,21,24)(H,22,25). The van der Waals surface area contributed by atoms with E-state index in [4.69, 9.17) is 11.6 Å². The third-order valence-corrected chi connectivity index (χ3v) is 8.19. The number of benzene rings is 1. The summed E-state index contributed by atoms with van der Waals surface area (Å²) in [7, 11) is -3.46. The molecule has 0 spiro atoms. The minimum absolute atomic E-state index is 0.185. The normalized spacial score (nSPS) is 15.1. The Hall–Kier alpha value is -1.94. The number of carbonyl (C=O) groups excluding carboxylic acids is 2. The zero-order valence-corrected chi connectivity index (χ0v) is 18.1. The van der Waals surface area contributed by atoms with E-state index in [0.717, 1.165) is 35.5 Å². The molecule has 2 N–H and O–H groups in total. The lowest BCUT2D eigenvalue weighted by Gasteiger charge is -2.25. The highest BCUT2D eigenvalue weighted by Crippen LogP contribution is 2.27. The lowest BCUT2D eigenvalue weighted by Crippen LogP contribution is -2.36. The first-order valence-electron chi connectivity index (χ1n) is 9.25. The van der Waals surface area contributed by atoms with E-state index in [9.17, 15) is 18.0 Å². The van der Waals surface area contributed by atoms with Crippen LogP contribution in [0.4, 0.5) is 0 Å². The Balaban J connectivity index is 1.49. The van der Waals surface area contributed by atoms with Crippen molar-refractivity contribution in [1.82, 2.24) is 14.9 Å². The van der Waals surface area contributed by atoms with Gasteiger partial charge in [-0.15, -0.1) is 11.3 Å². The van der Waals surface area contributed by atoms with Crippen molar-refractivity contribution in [1.29, 1.82) is 0 Å². The molecule has 1 saturated heterocycles. The first kappa shape index (κ1) is 21.8. The molecule has 2 aromatic rings. The highest BCUT2D eigenvalue weighted by molar-refractivity contribution is 7.91. The number of sulfonamides is 1. The van der Waals surface area contributed by atoms with Crippen molar-refractivity contribution < 1.29 is 18.0 Å². The van der Waals surface area contributed by atoms with Gasteiger partial charge in [0.05, 0.1) is 13.1 Å². The summed E-state index contributed by atoms with van der Waals surface area (Å²) in [6, 6.07) is 9.72. The predicted octanol–water partition coefficient (Wildman–Crippen LogP) is 2.62. The molecule has 1 aliphatic heterocycles. The predicted molar refractivity (Wildman–Crippen MR) is 113 cm³/mol. The minimum Gasteiger partial charge on any atom is -0.350 e. The molecule has 1 aromatic heterocycles. The zero-order valence-electron chi connectivity index (χ0n) is 15.7. The van der Waals surface area contributed by atoms with Crippen molar-refractivity contribution in [3.05, 3.63) is 51.9 Å². The summed E-state index contributed by atoms with van der Waals surface area (Å²) in [5.74, 6) is -0.761. The molecule has 0 aliphatic carbocycles. The number of halogens is 1. The number of piperidine rings is 1. The Bertz CT molecular complexity index is 985. The van der Waals surface area contributed by atoms with Crippen LogP contribution in [0.2, 0.25) is 5.02 Å². The quantitative estimate of drug-likeness (QED) is 0.670. The monoisotopic (exact) mass is 455 g/mol. The largest absolute Gasteiger partial charge is 0.350 e. The molecular weight excluding hydrogens is 434 g/mol. The molecular formula is C19H22ClN3O4S2. The second kappa shape index (κ2) is 9.71. The maximum atomic E-state index is 12.7. The van der Waals surface area contributed by atoms with Crippen molar-refractivity contribution in [2.45, 2.75) is 30.0 Å². The number of hydrogen-bond acceptors (Lipinski definition) is 5. The van der Waals surface area contributed by atoms with Crippen molar-refractivity contribution in [3.8, 4) is 0 Å². The number of nitrogens with one attached hydrogen (secondary N) is 2. The maximum absolute atomic E-state index is 12.7. The average Bonchev–Trinajstić information content (AvgIpc) is 3.21. The van der Waals surface area contributed by atoms with Crippen LogP contribution >= 0.6 is 22.9 Å². The van der Waals surface area contributed by atoms with Gasteiger partial charge in [-0.2, -0.15) is 4.31 Å². The van der Waals surface area contributed by atoms with Gasteiger partial charge in [-0.1, -0.05) is 24.1 Å². The number of carbonyl (C=O) groups is 2. The van der Waals surface area contributed by atoms with Gasteiger partial charge in [0.25, 0.3) is 15.9 Å². The molecule has 156 valence electrons. The van der Waals surface area contributed by atoms with Crippen LogP contribution in [-0.2, 0) is 21.4 Å². The molecule has 10 heteroatoms. The molecule has 2 heterocycles. The van der Waals surface area contributed by atoms with Gasteiger partial charge in [-0.3, -0.25) is 9.59 Å². The van der Waals surface area contributed by atoms with Gasteiger partial charge in [-0.05, 0) is 43.2 Å². The van der Waals surface area contributed by atoms with Crippen molar-refractivity contribution >= 4 is 44.8 Å². The maximum Gasteiger partial charge on any atom is 0.252 e. The van der Waals surface area contributed by atoms with Crippen LogP contribution in [-0.4, -0.2) is 44.2 Å². The van der Waals surface area contributed by atoms with E-state index in [1.807, 2.05) is 0 Å². The molecule has 0 unspecified atom stereocenters. The summed E-state index contributed by atoms with van der Waals surface area (Å²) in [4.78, 5) is 24.7. The number of nitrogens with zero attached hydrogens (tertiary/aromatic N) is 1. The summed E-state index contributed by atoms with van der Waals surface area (Å²) in [5.41, 5.74) is 0.371. The van der Waals surface area contributed by atoms with E-state index >= 15 is 0 Å². The molecule has 1 aliphatic rings. The van der Waals surface area contributed by atoms with Gasteiger partial charge in [0.2, 0.25) is 5.91 Å². The Labute approximate surface area is 179 Å². The van der Waals surface area contributed by atoms with Crippen molar-refractivity contribution in [3.63, 3.8) is 0 Å². The number of rotatable bonds is 7. The molecule has 0 atom stereocenters. The molecule has 0 bridgehead atoms. The molecule has 7 nitrogen and oxygen atoms in total. The van der Waals surface area contributed by atoms with Crippen LogP contribution in [0.5, 0.6) is 0 Å². The third-order valence-electron chi connectivity index (χ3n) is 4.50. The second-order valence-corrected chi connectivity index (χ2v) is 10.4. The smallest absolute Gasteiger partial charge is 0.252 e. The molecule has 2 amide bonds. The fourth-order valence-corrected chi connectivity index (χ4v) is 6.12. The Kier molecular flexibility index (Phi) is 7.28. The molecule has 0 radical (unpaired) electrons. The first-order chi connectivity index (χ1) is 13.9. The van der Waals surface area contributed by atoms with E-state index in [-0.39, 0.29) is 23.2 Å². The number of amides is 2. The van der Waals surface area contributed by atoms with Crippen LogP contribution in [0.15, 0.2) is 40.6 Å². The summed E-state index contributed by atoms with van der Waals surface area (Å²) >= 11 is 7.00. The molecule has 3 rings (SSSR count). The summed E-state index contributed by atoms with van der Waals surface area (Å²) < 4.78 is 27.1. The Morgan fingerprint density at radius 1 is 1.07 bits per heavy atom. The Morgan fingerprint density at radius 3 is 2.55 bits per heavy atom. The van der Waals surface area contributed by atoms with Gasteiger partial charge in [0.1, 0.15) is 4.21 Å². The van der Waals surface area contributed by atoms with E-state index in [1.165, 1.54) is 10.4 Å². The summed E-state index contributed by atoms with van der Waals surface area (Å²) in [6.07, 6.45) is 2.82.